The van der Waals surface area contributed by atoms with Gasteiger partial charge in [-0.05, 0) is 60.9 Å². The van der Waals surface area contributed by atoms with Crippen LogP contribution in [-0.2, 0) is 14.3 Å². The van der Waals surface area contributed by atoms with Crippen LogP contribution < -0.4 is 4.74 Å². The maximum atomic E-state index is 13.9. The molecule has 0 spiro atoms. The summed E-state index contributed by atoms with van der Waals surface area (Å²) in [5.74, 6) is -1.03. The monoisotopic (exact) mass is 367 g/mol. The lowest BCUT2D eigenvalue weighted by Gasteiger charge is -2.11. The average molecular weight is 367 g/mol. The Hall–Kier alpha value is -3.28. The van der Waals surface area contributed by atoms with Crippen molar-refractivity contribution >= 4 is 23.9 Å². The van der Waals surface area contributed by atoms with Gasteiger partial charge in [0.15, 0.2) is 5.70 Å². The standard InChI is InChI=1S/C21H18FNO4/c1-4-18(24)26-19-12(2)9-14(10-13(19)3)11-17-21(25)27-20(23-17)15-7-5-6-8-16(15)22/h5-11H,4H2,1-3H3/b17-11+. The Morgan fingerprint density at radius 2 is 1.89 bits per heavy atom. The normalized spacial score (nSPS) is 14.9. The van der Waals surface area contributed by atoms with Gasteiger partial charge in [0, 0.05) is 6.42 Å². The summed E-state index contributed by atoms with van der Waals surface area (Å²) in [6.07, 6.45) is 1.84. The van der Waals surface area contributed by atoms with Gasteiger partial charge in [-0.2, -0.15) is 0 Å². The average Bonchev–Trinajstić information content (AvgIpc) is 2.98. The molecule has 2 aromatic rings. The molecule has 0 atom stereocenters. The Kier molecular flexibility index (Phi) is 5.16. The molecule has 3 rings (SSSR count). The zero-order valence-electron chi connectivity index (χ0n) is 15.2. The van der Waals surface area contributed by atoms with Crippen molar-refractivity contribution in [3.8, 4) is 5.75 Å². The van der Waals surface area contributed by atoms with Crippen molar-refractivity contribution in [1.29, 1.82) is 0 Å². The number of ether oxygens (including phenoxy) is 2. The van der Waals surface area contributed by atoms with E-state index in [4.69, 9.17) is 9.47 Å². The fraction of sp³-hybridized carbons (Fsp3) is 0.190. The molecule has 1 heterocycles. The topological polar surface area (TPSA) is 65.0 Å². The van der Waals surface area contributed by atoms with Gasteiger partial charge in [-0.3, -0.25) is 4.79 Å². The van der Waals surface area contributed by atoms with Gasteiger partial charge in [0.1, 0.15) is 11.6 Å². The van der Waals surface area contributed by atoms with Crippen molar-refractivity contribution < 1.29 is 23.5 Å². The van der Waals surface area contributed by atoms with Crippen LogP contribution >= 0.6 is 0 Å². The molecule has 138 valence electrons. The molecule has 27 heavy (non-hydrogen) atoms. The molecular formula is C21H18FNO4. The molecule has 0 aromatic heterocycles. The second-order valence-electron chi connectivity index (χ2n) is 6.13. The van der Waals surface area contributed by atoms with E-state index < -0.39 is 11.8 Å². The summed E-state index contributed by atoms with van der Waals surface area (Å²) in [6.45, 7) is 5.35. The summed E-state index contributed by atoms with van der Waals surface area (Å²) in [4.78, 5) is 27.8. The predicted octanol–water partition coefficient (Wildman–Crippen LogP) is 4.10. The van der Waals surface area contributed by atoms with Crippen molar-refractivity contribution in [1.82, 2.24) is 0 Å². The highest BCUT2D eigenvalue weighted by atomic mass is 19.1. The summed E-state index contributed by atoms with van der Waals surface area (Å²) < 4.78 is 24.3. The van der Waals surface area contributed by atoms with E-state index >= 15 is 0 Å². The van der Waals surface area contributed by atoms with Crippen molar-refractivity contribution in [2.45, 2.75) is 27.2 Å². The first-order chi connectivity index (χ1) is 12.9. The molecule has 0 aliphatic carbocycles. The third-order valence-corrected chi connectivity index (χ3v) is 4.02. The Bertz CT molecular complexity index is 968. The Morgan fingerprint density at radius 3 is 2.52 bits per heavy atom. The minimum absolute atomic E-state index is 0.0636. The maximum Gasteiger partial charge on any atom is 0.363 e. The zero-order chi connectivity index (χ0) is 19.6. The number of nitrogens with zero attached hydrogens (tertiary/aromatic N) is 1. The molecule has 0 saturated heterocycles. The number of aryl methyl sites for hydroxylation is 2. The quantitative estimate of drug-likeness (QED) is 0.464. The second kappa shape index (κ2) is 7.53. The number of esters is 2. The zero-order valence-corrected chi connectivity index (χ0v) is 15.2. The minimum Gasteiger partial charge on any atom is -0.426 e. The number of halogens is 1. The van der Waals surface area contributed by atoms with Gasteiger partial charge >= 0.3 is 11.9 Å². The molecule has 1 aliphatic rings. The number of hydrogen-bond donors (Lipinski definition) is 0. The number of aliphatic imine (C=N–C) groups is 1. The largest absolute Gasteiger partial charge is 0.426 e. The summed E-state index contributed by atoms with van der Waals surface area (Å²) in [5, 5.41) is 0. The molecule has 0 bridgehead atoms. The summed E-state index contributed by atoms with van der Waals surface area (Å²) in [5.41, 5.74) is 2.42. The highest BCUT2D eigenvalue weighted by Crippen LogP contribution is 2.27. The summed E-state index contributed by atoms with van der Waals surface area (Å²) in [6, 6.07) is 9.52. The Morgan fingerprint density at radius 1 is 1.22 bits per heavy atom. The third-order valence-electron chi connectivity index (χ3n) is 4.02. The van der Waals surface area contributed by atoms with Crippen LogP contribution in [0.15, 0.2) is 47.1 Å². The molecule has 0 radical (unpaired) electrons. The number of hydrogen-bond acceptors (Lipinski definition) is 5. The number of rotatable bonds is 4. The van der Waals surface area contributed by atoms with Crippen LogP contribution in [0, 0.1) is 19.7 Å². The van der Waals surface area contributed by atoms with E-state index in [-0.39, 0.29) is 29.5 Å². The van der Waals surface area contributed by atoms with Crippen molar-refractivity contribution in [3.05, 3.63) is 70.2 Å². The van der Waals surface area contributed by atoms with Crippen LogP contribution in [0.4, 0.5) is 4.39 Å². The van der Waals surface area contributed by atoms with E-state index in [1.807, 2.05) is 13.8 Å². The van der Waals surface area contributed by atoms with Gasteiger partial charge in [0.25, 0.3) is 0 Å². The predicted molar refractivity (Wildman–Crippen MR) is 98.8 cm³/mol. The number of carbonyl (C=O) groups is 2. The Labute approximate surface area is 156 Å². The Balaban J connectivity index is 1.93. The van der Waals surface area contributed by atoms with E-state index in [1.165, 1.54) is 12.1 Å². The van der Waals surface area contributed by atoms with Crippen LogP contribution in [0.25, 0.3) is 6.08 Å². The van der Waals surface area contributed by atoms with Crippen LogP contribution in [0.5, 0.6) is 5.75 Å². The molecule has 0 amide bonds. The van der Waals surface area contributed by atoms with E-state index in [0.29, 0.717) is 11.3 Å². The van der Waals surface area contributed by atoms with Crippen LogP contribution in [0.2, 0.25) is 0 Å². The first-order valence-electron chi connectivity index (χ1n) is 8.48. The maximum absolute atomic E-state index is 13.9. The van der Waals surface area contributed by atoms with Crippen LogP contribution in [0.3, 0.4) is 0 Å². The van der Waals surface area contributed by atoms with Gasteiger partial charge in [0.05, 0.1) is 5.56 Å². The first-order valence-corrected chi connectivity index (χ1v) is 8.48. The number of carbonyl (C=O) groups excluding carboxylic acids is 2. The van der Waals surface area contributed by atoms with Crippen molar-refractivity contribution in [2.24, 2.45) is 4.99 Å². The van der Waals surface area contributed by atoms with Gasteiger partial charge < -0.3 is 9.47 Å². The van der Waals surface area contributed by atoms with Gasteiger partial charge in [-0.1, -0.05) is 19.1 Å². The van der Waals surface area contributed by atoms with Gasteiger partial charge in [-0.15, -0.1) is 0 Å². The van der Waals surface area contributed by atoms with Crippen LogP contribution in [-0.4, -0.2) is 17.8 Å². The van der Waals surface area contributed by atoms with E-state index in [9.17, 15) is 14.0 Å². The summed E-state index contributed by atoms with van der Waals surface area (Å²) in [7, 11) is 0. The smallest absolute Gasteiger partial charge is 0.363 e. The molecule has 1 aliphatic heterocycles. The number of cyclic esters (lactones) is 1. The molecule has 2 aromatic carbocycles. The molecule has 0 unspecified atom stereocenters. The lowest BCUT2D eigenvalue weighted by Crippen LogP contribution is -2.08. The fourth-order valence-electron chi connectivity index (χ4n) is 2.73. The van der Waals surface area contributed by atoms with E-state index in [0.717, 1.165) is 11.1 Å². The van der Waals surface area contributed by atoms with E-state index in [2.05, 4.69) is 4.99 Å². The lowest BCUT2D eigenvalue weighted by molar-refractivity contribution is -0.134. The van der Waals surface area contributed by atoms with E-state index in [1.54, 1.807) is 37.3 Å². The van der Waals surface area contributed by atoms with Crippen molar-refractivity contribution in [3.63, 3.8) is 0 Å². The lowest BCUT2D eigenvalue weighted by atomic mass is 10.0. The molecule has 0 fully saturated rings. The second-order valence-corrected chi connectivity index (χ2v) is 6.13. The molecule has 6 heteroatoms. The molecule has 5 nitrogen and oxygen atoms in total. The SMILES string of the molecule is CCC(=O)Oc1c(C)cc(/C=C2/N=C(c3ccccc3F)OC2=O)cc1C. The highest BCUT2D eigenvalue weighted by Gasteiger charge is 2.26. The first kappa shape index (κ1) is 18.5. The van der Waals surface area contributed by atoms with Crippen molar-refractivity contribution in [2.75, 3.05) is 0 Å². The fourth-order valence-corrected chi connectivity index (χ4v) is 2.73. The third kappa shape index (κ3) is 3.95. The summed E-state index contributed by atoms with van der Waals surface area (Å²) >= 11 is 0. The highest BCUT2D eigenvalue weighted by molar-refractivity contribution is 6.12. The van der Waals surface area contributed by atoms with Gasteiger partial charge in [-0.25, -0.2) is 14.2 Å². The van der Waals surface area contributed by atoms with Gasteiger partial charge in [0.2, 0.25) is 5.90 Å². The molecule has 0 N–H and O–H groups in total. The molecule has 0 saturated carbocycles. The minimum atomic E-state index is -0.648. The number of benzene rings is 2. The van der Waals surface area contributed by atoms with Crippen LogP contribution in [0.1, 0.15) is 35.6 Å². The molecular weight excluding hydrogens is 349 g/mol.